The van der Waals surface area contributed by atoms with Crippen LogP contribution in [0.4, 0.5) is 5.82 Å². The van der Waals surface area contributed by atoms with Crippen molar-refractivity contribution in [2.75, 3.05) is 5.73 Å². The van der Waals surface area contributed by atoms with Gasteiger partial charge in [0.2, 0.25) is 0 Å². The maximum absolute atomic E-state index is 5.85. The minimum absolute atomic E-state index is 0.448. The fraction of sp³-hybridized carbons (Fsp3) is 0. The smallest absolute Gasteiger partial charge is 0.165 e. The average molecular weight is 212 g/mol. The molecule has 3 heterocycles. The summed E-state index contributed by atoms with van der Waals surface area (Å²) in [6.07, 6.45) is 6.70. The van der Waals surface area contributed by atoms with Gasteiger partial charge in [-0.3, -0.25) is 10.1 Å². The predicted molar refractivity (Wildman–Crippen MR) is 59.3 cm³/mol. The molecule has 78 valence electrons. The minimum atomic E-state index is 0.448. The number of anilines is 1. The zero-order valence-corrected chi connectivity index (χ0v) is 8.25. The molecule has 6 heteroatoms. The van der Waals surface area contributed by atoms with Crippen molar-refractivity contribution in [2.45, 2.75) is 0 Å². The summed E-state index contributed by atoms with van der Waals surface area (Å²) in [6.45, 7) is 0. The molecule has 0 fully saturated rings. The first-order chi connectivity index (χ1) is 7.84. The first-order valence-corrected chi connectivity index (χ1v) is 4.71. The first-order valence-electron chi connectivity index (χ1n) is 4.71. The Morgan fingerprint density at radius 2 is 2.12 bits per heavy atom. The molecular formula is C10H8N6. The van der Waals surface area contributed by atoms with Gasteiger partial charge in [0.25, 0.3) is 0 Å². The quantitative estimate of drug-likeness (QED) is 0.627. The molecule has 3 rings (SSSR count). The number of nitrogens with two attached hydrogens (primary N) is 1. The van der Waals surface area contributed by atoms with E-state index in [-0.39, 0.29) is 0 Å². The molecule has 6 nitrogen and oxygen atoms in total. The zero-order chi connectivity index (χ0) is 11.0. The summed E-state index contributed by atoms with van der Waals surface area (Å²) in [4.78, 5) is 12.6. The van der Waals surface area contributed by atoms with Gasteiger partial charge in [-0.15, -0.1) is 0 Å². The van der Waals surface area contributed by atoms with Gasteiger partial charge in [-0.2, -0.15) is 5.10 Å². The maximum Gasteiger partial charge on any atom is 0.165 e. The van der Waals surface area contributed by atoms with Gasteiger partial charge in [0.15, 0.2) is 5.82 Å². The Labute approximate surface area is 90.6 Å². The van der Waals surface area contributed by atoms with Crippen LogP contribution in [-0.4, -0.2) is 25.1 Å². The molecule has 0 aliphatic rings. The van der Waals surface area contributed by atoms with Crippen LogP contribution in [-0.2, 0) is 0 Å². The number of nitrogens with zero attached hydrogens (tertiary/aromatic N) is 4. The Bertz CT molecular complexity index is 631. The van der Waals surface area contributed by atoms with Crippen molar-refractivity contribution in [3.05, 3.63) is 30.9 Å². The highest BCUT2D eigenvalue weighted by Gasteiger charge is 2.07. The van der Waals surface area contributed by atoms with Gasteiger partial charge in [0.1, 0.15) is 5.82 Å². The van der Waals surface area contributed by atoms with E-state index in [1.807, 2.05) is 0 Å². The number of H-pyrrole nitrogens is 1. The average Bonchev–Trinajstić information content (AvgIpc) is 2.82. The Balaban J connectivity index is 2.29. The molecule has 3 aromatic heterocycles. The van der Waals surface area contributed by atoms with Gasteiger partial charge < -0.3 is 5.73 Å². The predicted octanol–water partition coefficient (Wildman–Crippen LogP) is 0.997. The second-order valence-electron chi connectivity index (χ2n) is 3.31. The van der Waals surface area contributed by atoms with Gasteiger partial charge in [0, 0.05) is 17.8 Å². The normalized spacial score (nSPS) is 10.8. The molecule has 0 atom stereocenters. The standard InChI is InChI=1S/C10H8N6/c11-9-7-1-2-12-5-8(7)15-10(16-9)6-3-13-14-4-6/h1-5H,(H,13,14)(H2,11,15,16). The summed E-state index contributed by atoms with van der Waals surface area (Å²) in [5.41, 5.74) is 7.38. The van der Waals surface area contributed by atoms with Gasteiger partial charge in [-0.1, -0.05) is 0 Å². The number of pyridine rings is 1. The van der Waals surface area contributed by atoms with Crippen LogP contribution < -0.4 is 5.73 Å². The van der Waals surface area contributed by atoms with E-state index in [4.69, 9.17) is 5.73 Å². The molecule has 0 aliphatic heterocycles. The van der Waals surface area contributed by atoms with Crippen molar-refractivity contribution >= 4 is 16.7 Å². The van der Waals surface area contributed by atoms with Gasteiger partial charge >= 0.3 is 0 Å². The molecule has 0 saturated carbocycles. The highest BCUT2D eigenvalue weighted by Crippen LogP contribution is 2.21. The number of aromatic nitrogens is 5. The summed E-state index contributed by atoms with van der Waals surface area (Å²) in [5.74, 6) is 0.996. The molecule has 0 saturated heterocycles. The third kappa shape index (κ3) is 1.28. The number of nitrogens with one attached hydrogen (secondary N) is 1. The van der Waals surface area contributed by atoms with Gasteiger partial charge in [0.05, 0.1) is 23.5 Å². The number of fused-ring (bicyclic) bond motifs is 1. The van der Waals surface area contributed by atoms with Crippen molar-refractivity contribution in [2.24, 2.45) is 0 Å². The molecule has 0 unspecified atom stereocenters. The second kappa shape index (κ2) is 3.27. The van der Waals surface area contributed by atoms with Crippen molar-refractivity contribution in [3.8, 4) is 11.4 Å². The van der Waals surface area contributed by atoms with E-state index in [0.29, 0.717) is 11.6 Å². The molecule has 3 N–H and O–H groups in total. The Morgan fingerprint density at radius 3 is 2.94 bits per heavy atom. The fourth-order valence-corrected chi connectivity index (χ4v) is 1.51. The Morgan fingerprint density at radius 1 is 1.19 bits per heavy atom. The summed E-state index contributed by atoms with van der Waals surface area (Å²) in [6, 6.07) is 1.80. The Kier molecular flexibility index (Phi) is 1.79. The van der Waals surface area contributed by atoms with Crippen LogP contribution >= 0.6 is 0 Å². The summed E-state index contributed by atoms with van der Waals surface area (Å²) < 4.78 is 0. The highest BCUT2D eigenvalue weighted by molar-refractivity contribution is 5.88. The van der Waals surface area contributed by atoms with Crippen LogP contribution in [0.1, 0.15) is 0 Å². The number of nitrogen functional groups attached to an aromatic ring is 1. The van der Waals surface area contributed by atoms with E-state index >= 15 is 0 Å². The lowest BCUT2D eigenvalue weighted by molar-refractivity contribution is 1.09. The van der Waals surface area contributed by atoms with Crippen molar-refractivity contribution < 1.29 is 0 Å². The van der Waals surface area contributed by atoms with E-state index in [9.17, 15) is 0 Å². The second-order valence-corrected chi connectivity index (χ2v) is 3.31. The Hall–Kier alpha value is -2.50. The molecule has 0 radical (unpaired) electrons. The molecule has 0 bridgehead atoms. The molecule has 16 heavy (non-hydrogen) atoms. The van der Waals surface area contributed by atoms with Crippen molar-refractivity contribution in [1.82, 2.24) is 25.1 Å². The van der Waals surface area contributed by atoms with Crippen LogP contribution in [0.5, 0.6) is 0 Å². The summed E-state index contributed by atoms with van der Waals surface area (Å²) in [5, 5.41) is 7.36. The SMILES string of the molecule is Nc1nc(-c2cn[nH]c2)nc2cnccc12. The number of aromatic amines is 1. The first kappa shape index (κ1) is 8.78. The largest absolute Gasteiger partial charge is 0.383 e. The lowest BCUT2D eigenvalue weighted by Gasteiger charge is -2.02. The van der Waals surface area contributed by atoms with E-state index in [1.54, 1.807) is 30.9 Å². The zero-order valence-electron chi connectivity index (χ0n) is 8.25. The van der Waals surface area contributed by atoms with E-state index in [2.05, 4.69) is 25.1 Å². The highest BCUT2D eigenvalue weighted by atomic mass is 15.1. The molecule has 3 aromatic rings. The molecular weight excluding hydrogens is 204 g/mol. The van der Waals surface area contributed by atoms with Crippen molar-refractivity contribution in [1.29, 1.82) is 0 Å². The monoisotopic (exact) mass is 212 g/mol. The van der Waals surface area contributed by atoms with Crippen LogP contribution in [0.15, 0.2) is 30.9 Å². The molecule has 0 aliphatic carbocycles. The van der Waals surface area contributed by atoms with E-state index < -0.39 is 0 Å². The molecule has 0 aromatic carbocycles. The van der Waals surface area contributed by atoms with Gasteiger partial charge in [-0.05, 0) is 6.07 Å². The van der Waals surface area contributed by atoms with Crippen LogP contribution in [0, 0.1) is 0 Å². The van der Waals surface area contributed by atoms with E-state index in [1.165, 1.54) is 0 Å². The van der Waals surface area contributed by atoms with Crippen LogP contribution in [0.2, 0.25) is 0 Å². The third-order valence-electron chi connectivity index (χ3n) is 2.29. The van der Waals surface area contributed by atoms with Crippen molar-refractivity contribution in [3.63, 3.8) is 0 Å². The third-order valence-corrected chi connectivity index (χ3v) is 2.29. The number of hydrogen-bond acceptors (Lipinski definition) is 5. The minimum Gasteiger partial charge on any atom is -0.383 e. The van der Waals surface area contributed by atoms with Gasteiger partial charge in [-0.25, -0.2) is 9.97 Å². The summed E-state index contributed by atoms with van der Waals surface area (Å²) in [7, 11) is 0. The fourth-order valence-electron chi connectivity index (χ4n) is 1.51. The molecule has 0 spiro atoms. The van der Waals surface area contributed by atoms with E-state index in [0.717, 1.165) is 16.5 Å². The maximum atomic E-state index is 5.85. The lowest BCUT2D eigenvalue weighted by Crippen LogP contribution is -1.97. The molecule has 0 amide bonds. The number of hydrogen-bond donors (Lipinski definition) is 2. The number of rotatable bonds is 1. The van der Waals surface area contributed by atoms with Crippen LogP contribution in [0.3, 0.4) is 0 Å². The lowest BCUT2D eigenvalue weighted by atomic mass is 10.2. The summed E-state index contributed by atoms with van der Waals surface area (Å²) >= 11 is 0. The van der Waals surface area contributed by atoms with Crippen LogP contribution in [0.25, 0.3) is 22.3 Å². The topological polar surface area (TPSA) is 93.4 Å².